The topological polar surface area (TPSA) is 29.5 Å². The smallest absolute Gasteiger partial charge is 0.182 e. The van der Waals surface area contributed by atoms with E-state index < -0.39 is 5.79 Å². The van der Waals surface area contributed by atoms with Crippen molar-refractivity contribution in [3.63, 3.8) is 0 Å². The first-order valence-electron chi connectivity index (χ1n) is 9.62. The van der Waals surface area contributed by atoms with E-state index in [0.29, 0.717) is 6.61 Å². The first-order chi connectivity index (χ1) is 10.6. The Kier molecular flexibility index (Phi) is 15.3. The third kappa shape index (κ3) is 16.0. The largest absolute Gasteiger partial charge is 0.362 e. The number of unbranched alkanes of at least 4 members (excludes halogenated alkanes) is 13. The molecule has 2 heteroatoms. The standard InChI is InChI=1S/C20H40O2/c1-4-6-7-8-9-10-11-12-13-14-15-16-17-18-19-22-20(3,21)5-2/h5,21H,2,4,6-19H2,1,3H3. The minimum Gasteiger partial charge on any atom is -0.362 e. The third-order valence-corrected chi connectivity index (χ3v) is 4.27. The molecule has 0 saturated carbocycles. The molecule has 0 aromatic rings. The fraction of sp³-hybridized carbons (Fsp3) is 0.900. The Labute approximate surface area is 139 Å². The van der Waals surface area contributed by atoms with Gasteiger partial charge in [-0.2, -0.15) is 0 Å². The molecule has 0 aromatic heterocycles. The van der Waals surface area contributed by atoms with Gasteiger partial charge in [0, 0.05) is 0 Å². The normalized spacial score (nSPS) is 14.0. The van der Waals surface area contributed by atoms with Gasteiger partial charge in [-0.25, -0.2) is 0 Å². The van der Waals surface area contributed by atoms with Crippen molar-refractivity contribution in [3.8, 4) is 0 Å². The van der Waals surface area contributed by atoms with Gasteiger partial charge in [-0.15, -0.1) is 0 Å². The molecular formula is C20H40O2. The van der Waals surface area contributed by atoms with Gasteiger partial charge in [0.25, 0.3) is 0 Å². The van der Waals surface area contributed by atoms with E-state index in [4.69, 9.17) is 4.74 Å². The average molecular weight is 313 g/mol. The average Bonchev–Trinajstić information content (AvgIpc) is 2.51. The molecule has 0 aliphatic rings. The first kappa shape index (κ1) is 21.7. The van der Waals surface area contributed by atoms with Crippen LogP contribution in [0.15, 0.2) is 12.7 Å². The number of aliphatic hydroxyl groups is 1. The highest BCUT2D eigenvalue weighted by molar-refractivity contribution is 4.82. The molecule has 1 atom stereocenters. The van der Waals surface area contributed by atoms with Crippen molar-refractivity contribution in [1.82, 2.24) is 0 Å². The molecule has 0 aromatic carbocycles. The predicted octanol–water partition coefficient (Wildman–Crippen LogP) is 6.38. The Hall–Kier alpha value is -0.340. The van der Waals surface area contributed by atoms with Crippen molar-refractivity contribution in [1.29, 1.82) is 0 Å². The van der Waals surface area contributed by atoms with E-state index in [1.807, 2.05) is 0 Å². The fourth-order valence-corrected chi connectivity index (χ4v) is 2.63. The Morgan fingerprint density at radius 1 is 0.773 bits per heavy atom. The van der Waals surface area contributed by atoms with Crippen molar-refractivity contribution in [2.45, 2.75) is 110 Å². The van der Waals surface area contributed by atoms with Gasteiger partial charge in [0.05, 0.1) is 6.61 Å². The molecule has 0 aliphatic carbocycles. The SMILES string of the molecule is C=CC(C)(O)OCCCCCCCCCCCCCCCC. The molecule has 0 bridgehead atoms. The lowest BCUT2D eigenvalue weighted by atomic mass is 10.0. The maximum Gasteiger partial charge on any atom is 0.182 e. The van der Waals surface area contributed by atoms with Gasteiger partial charge >= 0.3 is 0 Å². The van der Waals surface area contributed by atoms with Crippen LogP contribution in [-0.4, -0.2) is 17.5 Å². The lowest BCUT2D eigenvalue weighted by Gasteiger charge is -2.18. The van der Waals surface area contributed by atoms with Crippen molar-refractivity contribution in [2.24, 2.45) is 0 Å². The monoisotopic (exact) mass is 312 g/mol. The summed E-state index contributed by atoms with van der Waals surface area (Å²) >= 11 is 0. The van der Waals surface area contributed by atoms with Gasteiger partial charge in [-0.3, -0.25) is 0 Å². The van der Waals surface area contributed by atoms with E-state index >= 15 is 0 Å². The zero-order chi connectivity index (χ0) is 16.5. The summed E-state index contributed by atoms with van der Waals surface area (Å²) in [7, 11) is 0. The van der Waals surface area contributed by atoms with E-state index in [2.05, 4.69) is 13.5 Å². The molecule has 0 rings (SSSR count). The van der Waals surface area contributed by atoms with Gasteiger partial charge in [-0.05, 0) is 19.4 Å². The molecule has 1 N–H and O–H groups in total. The van der Waals surface area contributed by atoms with E-state index in [0.717, 1.165) is 6.42 Å². The van der Waals surface area contributed by atoms with Crippen LogP contribution in [0.25, 0.3) is 0 Å². The molecule has 132 valence electrons. The van der Waals surface area contributed by atoms with E-state index in [-0.39, 0.29) is 0 Å². The second kappa shape index (κ2) is 15.6. The summed E-state index contributed by atoms with van der Waals surface area (Å²) in [5.41, 5.74) is 0. The van der Waals surface area contributed by atoms with Gasteiger partial charge in [0.15, 0.2) is 5.79 Å². The molecule has 0 saturated heterocycles. The van der Waals surface area contributed by atoms with E-state index in [9.17, 15) is 5.11 Å². The maximum atomic E-state index is 9.59. The Morgan fingerprint density at radius 3 is 1.50 bits per heavy atom. The van der Waals surface area contributed by atoms with Crippen LogP contribution in [0, 0.1) is 0 Å². The summed E-state index contributed by atoms with van der Waals surface area (Å²) in [6.07, 6.45) is 20.4. The maximum absolute atomic E-state index is 9.59. The minimum atomic E-state index is -1.16. The molecule has 0 spiro atoms. The van der Waals surface area contributed by atoms with Gasteiger partial charge < -0.3 is 9.84 Å². The number of hydrogen-bond acceptors (Lipinski definition) is 2. The highest BCUT2D eigenvalue weighted by Crippen LogP contribution is 2.13. The van der Waals surface area contributed by atoms with Gasteiger partial charge in [0.1, 0.15) is 0 Å². The summed E-state index contributed by atoms with van der Waals surface area (Å²) < 4.78 is 5.32. The summed E-state index contributed by atoms with van der Waals surface area (Å²) in [6, 6.07) is 0. The van der Waals surface area contributed by atoms with Crippen molar-refractivity contribution in [2.75, 3.05) is 6.61 Å². The van der Waals surface area contributed by atoms with Crippen LogP contribution in [0.5, 0.6) is 0 Å². The van der Waals surface area contributed by atoms with Crippen molar-refractivity contribution >= 4 is 0 Å². The predicted molar refractivity (Wildman–Crippen MR) is 97.1 cm³/mol. The second-order valence-corrected chi connectivity index (χ2v) is 6.70. The Morgan fingerprint density at radius 2 is 1.14 bits per heavy atom. The highest BCUT2D eigenvalue weighted by Gasteiger charge is 2.14. The Balaban J connectivity index is 3.07. The molecule has 22 heavy (non-hydrogen) atoms. The molecule has 0 radical (unpaired) electrons. The van der Waals surface area contributed by atoms with Crippen LogP contribution in [0.1, 0.15) is 104 Å². The van der Waals surface area contributed by atoms with Gasteiger partial charge in [0.2, 0.25) is 0 Å². The van der Waals surface area contributed by atoms with Crippen molar-refractivity contribution < 1.29 is 9.84 Å². The minimum absolute atomic E-state index is 0.622. The molecule has 0 fully saturated rings. The molecular weight excluding hydrogens is 272 g/mol. The number of rotatable bonds is 17. The number of ether oxygens (including phenoxy) is 1. The molecule has 0 heterocycles. The lowest BCUT2D eigenvalue weighted by molar-refractivity contribution is -0.153. The third-order valence-electron chi connectivity index (χ3n) is 4.27. The van der Waals surface area contributed by atoms with Crippen molar-refractivity contribution in [3.05, 3.63) is 12.7 Å². The van der Waals surface area contributed by atoms with Crippen LogP contribution in [-0.2, 0) is 4.74 Å². The summed E-state index contributed by atoms with van der Waals surface area (Å²) in [6.45, 7) is 8.07. The highest BCUT2D eigenvalue weighted by atomic mass is 16.6. The zero-order valence-corrected chi connectivity index (χ0v) is 15.2. The quantitative estimate of drug-likeness (QED) is 0.192. The molecule has 1 unspecified atom stereocenters. The summed E-state index contributed by atoms with van der Waals surface area (Å²) in [5.74, 6) is -1.16. The lowest BCUT2D eigenvalue weighted by Crippen LogP contribution is -2.25. The van der Waals surface area contributed by atoms with Crippen LogP contribution >= 0.6 is 0 Å². The molecule has 0 amide bonds. The Bertz CT molecular complexity index is 236. The van der Waals surface area contributed by atoms with Crippen LogP contribution < -0.4 is 0 Å². The second-order valence-electron chi connectivity index (χ2n) is 6.70. The van der Waals surface area contributed by atoms with Gasteiger partial charge in [-0.1, -0.05) is 97.0 Å². The van der Waals surface area contributed by atoms with Crippen LogP contribution in [0.4, 0.5) is 0 Å². The van der Waals surface area contributed by atoms with Crippen LogP contribution in [0.2, 0.25) is 0 Å². The number of hydrogen-bond donors (Lipinski definition) is 1. The van der Waals surface area contributed by atoms with E-state index in [1.54, 1.807) is 6.92 Å². The molecule has 2 nitrogen and oxygen atoms in total. The van der Waals surface area contributed by atoms with Crippen LogP contribution in [0.3, 0.4) is 0 Å². The summed E-state index contributed by atoms with van der Waals surface area (Å²) in [4.78, 5) is 0. The first-order valence-corrected chi connectivity index (χ1v) is 9.62. The zero-order valence-electron chi connectivity index (χ0n) is 15.2. The van der Waals surface area contributed by atoms with E-state index in [1.165, 1.54) is 89.5 Å². The fourth-order valence-electron chi connectivity index (χ4n) is 2.63. The molecule has 0 aliphatic heterocycles. The summed E-state index contributed by atoms with van der Waals surface area (Å²) in [5, 5.41) is 9.59.